The molecule has 1 unspecified atom stereocenters. The Morgan fingerprint density at radius 1 is 1.25 bits per heavy atom. The number of ether oxygens (including phenoxy) is 1. The number of nitrogen functional groups attached to an aromatic ring is 1. The molecule has 1 saturated heterocycles. The second kappa shape index (κ2) is 9.28. The Morgan fingerprint density at radius 3 is 2.71 bits per heavy atom. The number of nitrogens with one attached hydrogen (secondary N) is 1. The van der Waals surface area contributed by atoms with Crippen molar-refractivity contribution in [1.29, 1.82) is 0 Å². The van der Waals surface area contributed by atoms with Crippen LogP contribution in [-0.2, 0) is 11.3 Å². The molecule has 0 spiro atoms. The van der Waals surface area contributed by atoms with Gasteiger partial charge in [0, 0.05) is 38.8 Å². The van der Waals surface area contributed by atoms with Gasteiger partial charge in [-0.05, 0) is 18.7 Å². The van der Waals surface area contributed by atoms with Gasteiger partial charge in [-0.25, -0.2) is 0 Å². The number of nitrogens with zero attached hydrogens (tertiary/aromatic N) is 2. The third kappa shape index (κ3) is 5.16. The molecule has 0 saturated carbocycles. The number of amides is 1. The van der Waals surface area contributed by atoms with Crippen molar-refractivity contribution in [1.82, 2.24) is 9.80 Å². The minimum absolute atomic E-state index is 0.0500. The SMILES string of the molecule is COc1cc(N)c(Cl)cc1NC(=O)C1CN(C)CCN(Cc2ccccc2)C1. The Labute approximate surface area is 171 Å². The molecule has 1 fully saturated rings. The van der Waals surface area contributed by atoms with Gasteiger partial charge in [0.05, 0.1) is 29.4 Å². The lowest BCUT2D eigenvalue weighted by Crippen LogP contribution is -2.37. The second-order valence-electron chi connectivity index (χ2n) is 7.24. The van der Waals surface area contributed by atoms with Crippen molar-refractivity contribution in [3.63, 3.8) is 0 Å². The number of rotatable bonds is 5. The molecule has 2 aromatic carbocycles. The van der Waals surface area contributed by atoms with Gasteiger partial charge in [0.15, 0.2) is 0 Å². The molecule has 0 bridgehead atoms. The fourth-order valence-electron chi connectivity index (χ4n) is 3.46. The molecule has 1 aliphatic rings. The van der Waals surface area contributed by atoms with Gasteiger partial charge in [-0.3, -0.25) is 9.69 Å². The summed E-state index contributed by atoms with van der Waals surface area (Å²) in [6, 6.07) is 13.6. The molecule has 150 valence electrons. The highest BCUT2D eigenvalue weighted by molar-refractivity contribution is 6.33. The van der Waals surface area contributed by atoms with Crippen LogP contribution in [0, 0.1) is 5.92 Å². The van der Waals surface area contributed by atoms with Gasteiger partial charge in [0.2, 0.25) is 5.91 Å². The number of hydrogen-bond donors (Lipinski definition) is 2. The van der Waals surface area contributed by atoms with Gasteiger partial charge < -0.3 is 20.7 Å². The number of benzene rings is 2. The first-order valence-corrected chi connectivity index (χ1v) is 9.72. The minimum Gasteiger partial charge on any atom is -0.494 e. The van der Waals surface area contributed by atoms with E-state index in [1.54, 1.807) is 19.2 Å². The predicted octanol–water partition coefficient (Wildman–Crippen LogP) is 2.93. The molecule has 1 aliphatic heterocycles. The van der Waals surface area contributed by atoms with Crippen LogP contribution < -0.4 is 15.8 Å². The first-order valence-electron chi connectivity index (χ1n) is 9.35. The van der Waals surface area contributed by atoms with Crippen LogP contribution in [0.15, 0.2) is 42.5 Å². The largest absolute Gasteiger partial charge is 0.494 e. The van der Waals surface area contributed by atoms with E-state index >= 15 is 0 Å². The Hall–Kier alpha value is -2.28. The fraction of sp³-hybridized carbons (Fsp3) is 0.381. The van der Waals surface area contributed by atoms with Crippen LogP contribution in [-0.4, -0.2) is 56.0 Å². The normalized spacial score (nSPS) is 18.5. The molecular weight excluding hydrogens is 376 g/mol. The highest BCUT2D eigenvalue weighted by atomic mass is 35.5. The first-order chi connectivity index (χ1) is 13.5. The summed E-state index contributed by atoms with van der Waals surface area (Å²) in [5, 5.41) is 3.36. The highest BCUT2D eigenvalue weighted by Gasteiger charge is 2.27. The number of nitrogens with two attached hydrogens (primary N) is 1. The van der Waals surface area contributed by atoms with Gasteiger partial charge in [-0.1, -0.05) is 41.9 Å². The number of carbonyl (C=O) groups excluding carboxylic acids is 1. The van der Waals surface area contributed by atoms with Crippen LogP contribution in [0.25, 0.3) is 0 Å². The van der Waals surface area contributed by atoms with Crippen LogP contribution in [0.2, 0.25) is 5.02 Å². The predicted molar refractivity (Wildman–Crippen MR) is 114 cm³/mol. The van der Waals surface area contributed by atoms with E-state index in [9.17, 15) is 4.79 Å². The van der Waals surface area contributed by atoms with E-state index in [0.717, 1.165) is 19.6 Å². The Morgan fingerprint density at radius 2 is 2.00 bits per heavy atom. The molecule has 1 heterocycles. The maximum atomic E-state index is 13.0. The summed E-state index contributed by atoms with van der Waals surface area (Å²) in [4.78, 5) is 17.6. The molecule has 0 aromatic heterocycles. The average molecular weight is 403 g/mol. The minimum atomic E-state index is -0.169. The van der Waals surface area contributed by atoms with E-state index in [4.69, 9.17) is 22.1 Å². The number of likely N-dealkylation sites (N-methyl/N-ethyl adjacent to an activating group) is 1. The molecule has 3 N–H and O–H groups in total. The molecule has 28 heavy (non-hydrogen) atoms. The molecule has 2 aromatic rings. The number of anilines is 2. The van der Waals surface area contributed by atoms with Crippen LogP contribution in [0.3, 0.4) is 0 Å². The summed E-state index contributed by atoms with van der Waals surface area (Å²) < 4.78 is 5.34. The van der Waals surface area contributed by atoms with Gasteiger partial charge in [-0.15, -0.1) is 0 Å². The zero-order valence-corrected chi connectivity index (χ0v) is 17.1. The maximum Gasteiger partial charge on any atom is 0.230 e. The molecule has 3 rings (SSSR count). The Bertz CT molecular complexity index is 816. The molecular formula is C21H27ClN4O2. The van der Waals surface area contributed by atoms with E-state index in [2.05, 4.69) is 27.2 Å². The van der Waals surface area contributed by atoms with Crippen LogP contribution in [0.5, 0.6) is 5.75 Å². The Balaban J connectivity index is 1.73. The first kappa shape index (κ1) is 20.5. The van der Waals surface area contributed by atoms with Crippen molar-refractivity contribution >= 4 is 28.9 Å². The summed E-state index contributed by atoms with van der Waals surface area (Å²) in [6.07, 6.45) is 0. The smallest absolute Gasteiger partial charge is 0.230 e. The molecule has 0 radical (unpaired) electrons. The maximum absolute atomic E-state index is 13.0. The molecule has 1 atom stereocenters. The average Bonchev–Trinajstić information content (AvgIpc) is 2.87. The van der Waals surface area contributed by atoms with Gasteiger partial charge in [0.25, 0.3) is 0 Å². The summed E-state index contributed by atoms with van der Waals surface area (Å²) in [7, 11) is 3.59. The standard InChI is InChI=1S/C21H27ClN4O2/c1-25-8-9-26(12-15-6-4-3-5-7-15)14-16(13-25)21(27)24-19-10-17(22)18(23)11-20(19)28-2/h3-7,10-11,16H,8-9,12-14,23H2,1-2H3,(H,24,27). The van der Waals surface area contributed by atoms with Gasteiger partial charge in [0.1, 0.15) is 5.75 Å². The Kier molecular flexibility index (Phi) is 6.78. The lowest BCUT2D eigenvalue weighted by molar-refractivity contribution is -0.120. The zero-order chi connectivity index (χ0) is 20.1. The molecule has 6 nitrogen and oxygen atoms in total. The quantitative estimate of drug-likeness (QED) is 0.752. The van der Waals surface area contributed by atoms with Crippen molar-refractivity contribution in [2.75, 3.05) is 51.4 Å². The third-order valence-electron chi connectivity index (χ3n) is 5.01. The summed E-state index contributed by atoms with van der Waals surface area (Å²) in [5.74, 6) is 0.279. The fourth-order valence-corrected chi connectivity index (χ4v) is 3.63. The summed E-state index contributed by atoms with van der Waals surface area (Å²) in [5.41, 5.74) is 8.03. The summed E-state index contributed by atoms with van der Waals surface area (Å²) >= 11 is 6.13. The topological polar surface area (TPSA) is 70.8 Å². The van der Waals surface area contributed by atoms with Crippen LogP contribution in [0.1, 0.15) is 5.56 Å². The number of methoxy groups -OCH3 is 1. The van der Waals surface area contributed by atoms with E-state index in [1.165, 1.54) is 5.56 Å². The van der Waals surface area contributed by atoms with E-state index < -0.39 is 0 Å². The van der Waals surface area contributed by atoms with Gasteiger partial charge >= 0.3 is 0 Å². The zero-order valence-electron chi connectivity index (χ0n) is 16.3. The number of carbonyl (C=O) groups is 1. The third-order valence-corrected chi connectivity index (χ3v) is 5.33. The van der Waals surface area contributed by atoms with Crippen LogP contribution >= 0.6 is 11.6 Å². The van der Waals surface area contributed by atoms with Crippen LogP contribution in [0.4, 0.5) is 11.4 Å². The van der Waals surface area contributed by atoms with Crippen molar-refractivity contribution in [3.05, 3.63) is 53.1 Å². The number of halogens is 1. The monoisotopic (exact) mass is 402 g/mol. The van der Waals surface area contributed by atoms with Crippen molar-refractivity contribution < 1.29 is 9.53 Å². The van der Waals surface area contributed by atoms with Crippen molar-refractivity contribution in [2.45, 2.75) is 6.54 Å². The van der Waals surface area contributed by atoms with E-state index in [-0.39, 0.29) is 11.8 Å². The summed E-state index contributed by atoms with van der Waals surface area (Å²) in [6.45, 7) is 4.06. The van der Waals surface area contributed by atoms with Gasteiger partial charge in [-0.2, -0.15) is 0 Å². The number of hydrogen-bond acceptors (Lipinski definition) is 5. The van der Waals surface area contributed by atoms with E-state index in [0.29, 0.717) is 35.2 Å². The van der Waals surface area contributed by atoms with E-state index in [1.807, 2.05) is 25.2 Å². The van der Waals surface area contributed by atoms with Crippen molar-refractivity contribution in [2.24, 2.45) is 5.92 Å². The lowest BCUT2D eigenvalue weighted by atomic mass is 10.1. The lowest BCUT2D eigenvalue weighted by Gasteiger charge is -2.24. The molecule has 1 amide bonds. The molecule has 7 heteroatoms. The molecule has 0 aliphatic carbocycles. The second-order valence-corrected chi connectivity index (χ2v) is 7.65. The van der Waals surface area contributed by atoms with Crippen molar-refractivity contribution in [3.8, 4) is 5.75 Å². The highest BCUT2D eigenvalue weighted by Crippen LogP contribution is 2.33.